The zero-order chi connectivity index (χ0) is 27.2. The zero-order valence-electron chi connectivity index (χ0n) is 21.5. The van der Waals surface area contributed by atoms with Crippen LogP contribution in [0.1, 0.15) is 50.8 Å². The lowest BCUT2D eigenvalue weighted by Gasteiger charge is -2.49. The minimum absolute atomic E-state index is 0.129. The second kappa shape index (κ2) is 10.2. The van der Waals surface area contributed by atoms with Crippen LogP contribution in [-0.2, 0) is 26.5 Å². The summed E-state index contributed by atoms with van der Waals surface area (Å²) in [5.74, 6) is -2.48. The molecule has 1 unspecified atom stereocenters. The maximum absolute atomic E-state index is 11.8. The number of carbonyl (C=O) groups is 1. The lowest BCUT2D eigenvalue weighted by Crippen LogP contribution is -2.66. The number of carboxylic acids is 1. The summed E-state index contributed by atoms with van der Waals surface area (Å²) in [6, 6.07) is 12.8. The number of hydrogen-bond acceptors (Lipinski definition) is 7. The van der Waals surface area contributed by atoms with Crippen LogP contribution in [0.15, 0.2) is 42.5 Å². The number of hydrogen-bond donors (Lipinski definition) is 4. The first-order valence-electron chi connectivity index (χ1n) is 12.5. The van der Waals surface area contributed by atoms with Crippen molar-refractivity contribution in [3.63, 3.8) is 0 Å². The Bertz CT molecular complexity index is 1140. The fourth-order valence-corrected chi connectivity index (χ4v) is 5.61. The maximum atomic E-state index is 11.8. The molecule has 2 bridgehead atoms. The van der Waals surface area contributed by atoms with Crippen LogP contribution in [-0.4, -0.2) is 63.5 Å². The number of rotatable bonds is 9. The third kappa shape index (κ3) is 4.87. The van der Waals surface area contributed by atoms with Gasteiger partial charge in [-0.15, -0.1) is 0 Å². The average Bonchev–Trinajstić information content (AvgIpc) is 3.25. The van der Waals surface area contributed by atoms with Crippen molar-refractivity contribution in [1.82, 2.24) is 0 Å². The lowest BCUT2D eigenvalue weighted by atomic mass is 9.71. The summed E-state index contributed by atoms with van der Waals surface area (Å²) in [5.41, 5.74) is -0.320. The standard InChI is InChI=1S/C28H35ClO8/c1-5-35-20-9-6-17(7-10-20)12-18-13-19(8-11-21(18)29)28-24(32)22(30)23(31)27(37-28,15-36-28)16(2)14-26(3,4)25(33)34/h6-11,13,16,22-24,30-32H,5,12,14-15H2,1-4H3,(H,33,34)/t16?,22-,23-,24+,27+,28-/m0/s1. The van der Waals surface area contributed by atoms with Gasteiger partial charge < -0.3 is 34.6 Å². The van der Waals surface area contributed by atoms with Gasteiger partial charge in [0.15, 0.2) is 0 Å². The van der Waals surface area contributed by atoms with E-state index < -0.39 is 47.0 Å². The summed E-state index contributed by atoms with van der Waals surface area (Å²) < 4.78 is 18.0. The molecule has 2 saturated heterocycles. The van der Waals surface area contributed by atoms with Crippen molar-refractivity contribution < 1.29 is 39.4 Å². The predicted molar refractivity (Wildman–Crippen MR) is 137 cm³/mol. The first kappa shape index (κ1) is 27.8. The molecule has 6 atom stereocenters. The molecule has 2 aromatic carbocycles. The van der Waals surface area contributed by atoms with Crippen LogP contribution >= 0.6 is 11.6 Å². The highest BCUT2D eigenvalue weighted by atomic mass is 35.5. The van der Waals surface area contributed by atoms with Crippen LogP contribution in [0.2, 0.25) is 5.02 Å². The molecule has 37 heavy (non-hydrogen) atoms. The lowest BCUT2D eigenvalue weighted by molar-refractivity contribution is -0.334. The van der Waals surface area contributed by atoms with Crippen molar-refractivity contribution in [1.29, 1.82) is 0 Å². The summed E-state index contributed by atoms with van der Waals surface area (Å²) in [5, 5.41) is 43.1. The second-order valence-electron chi connectivity index (χ2n) is 10.7. The Kier molecular flexibility index (Phi) is 7.65. The molecule has 202 valence electrons. The highest BCUT2D eigenvalue weighted by Crippen LogP contribution is 2.54. The van der Waals surface area contributed by atoms with Gasteiger partial charge in [0.25, 0.3) is 0 Å². The third-order valence-corrected chi connectivity index (χ3v) is 8.07. The van der Waals surface area contributed by atoms with Crippen molar-refractivity contribution in [3.8, 4) is 5.75 Å². The molecule has 2 aromatic rings. The smallest absolute Gasteiger partial charge is 0.309 e. The highest BCUT2D eigenvalue weighted by Gasteiger charge is 2.68. The SMILES string of the molecule is CCOc1ccc(Cc2cc([C@]34OC[C@](C(C)CC(C)(C)C(=O)O)(O3)[C@@H](O)[C@H](O)[C@H]4O)ccc2Cl)cc1. The molecular weight excluding hydrogens is 500 g/mol. The molecule has 2 fully saturated rings. The van der Waals surface area contributed by atoms with Gasteiger partial charge in [-0.25, -0.2) is 0 Å². The van der Waals surface area contributed by atoms with Crippen molar-refractivity contribution in [2.75, 3.05) is 13.2 Å². The van der Waals surface area contributed by atoms with Gasteiger partial charge >= 0.3 is 5.97 Å². The van der Waals surface area contributed by atoms with E-state index in [4.69, 9.17) is 25.8 Å². The number of aliphatic hydroxyl groups is 3. The molecule has 0 spiro atoms. The fourth-order valence-electron chi connectivity index (χ4n) is 5.43. The monoisotopic (exact) mass is 534 g/mol. The Morgan fingerprint density at radius 1 is 1.16 bits per heavy atom. The van der Waals surface area contributed by atoms with Gasteiger partial charge in [0.1, 0.15) is 29.7 Å². The largest absolute Gasteiger partial charge is 0.494 e. The molecule has 2 aliphatic rings. The number of fused-ring (bicyclic) bond motifs is 2. The summed E-state index contributed by atoms with van der Waals surface area (Å²) >= 11 is 6.52. The molecule has 4 rings (SSSR count). The van der Waals surface area contributed by atoms with Crippen LogP contribution in [0.3, 0.4) is 0 Å². The van der Waals surface area contributed by atoms with E-state index in [1.54, 1.807) is 39.0 Å². The van der Waals surface area contributed by atoms with Crippen molar-refractivity contribution >= 4 is 17.6 Å². The van der Waals surface area contributed by atoms with Gasteiger partial charge in [0.2, 0.25) is 5.79 Å². The Balaban J connectivity index is 1.67. The number of halogens is 1. The van der Waals surface area contributed by atoms with E-state index in [1.807, 2.05) is 31.2 Å². The third-order valence-electron chi connectivity index (χ3n) is 7.70. The van der Waals surface area contributed by atoms with Crippen LogP contribution < -0.4 is 4.74 Å². The van der Waals surface area contributed by atoms with Gasteiger partial charge in [-0.3, -0.25) is 4.79 Å². The second-order valence-corrected chi connectivity index (χ2v) is 11.2. The first-order chi connectivity index (χ1) is 17.4. The topological polar surface area (TPSA) is 126 Å². The molecule has 0 aliphatic carbocycles. The van der Waals surface area contributed by atoms with Gasteiger partial charge in [-0.05, 0) is 74.9 Å². The molecule has 8 nitrogen and oxygen atoms in total. The zero-order valence-corrected chi connectivity index (χ0v) is 22.2. The van der Waals surface area contributed by atoms with Gasteiger partial charge in [0, 0.05) is 10.6 Å². The Morgan fingerprint density at radius 2 is 1.84 bits per heavy atom. The van der Waals surface area contributed by atoms with Crippen molar-refractivity contribution in [2.45, 2.75) is 70.2 Å². The average molecular weight is 535 g/mol. The summed E-state index contributed by atoms with van der Waals surface area (Å²) in [6.45, 7) is 7.32. The Hall–Kier alpha value is -2.20. The van der Waals surface area contributed by atoms with Gasteiger partial charge in [-0.2, -0.15) is 0 Å². The molecule has 2 aliphatic heterocycles. The van der Waals surface area contributed by atoms with E-state index in [0.717, 1.165) is 16.9 Å². The molecular formula is C28H35ClO8. The fraction of sp³-hybridized carbons (Fsp3) is 0.536. The van der Waals surface area contributed by atoms with Crippen LogP contribution in [0.25, 0.3) is 0 Å². The van der Waals surface area contributed by atoms with Crippen LogP contribution in [0.5, 0.6) is 5.75 Å². The predicted octanol–water partition coefficient (Wildman–Crippen LogP) is 3.50. The van der Waals surface area contributed by atoms with Gasteiger partial charge in [-0.1, -0.05) is 36.7 Å². The molecule has 2 heterocycles. The number of benzene rings is 2. The molecule has 9 heteroatoms. The molecule has 0 amide bonds. The molecule has 0 radical (unpaired) electrons. The molecule has 4 N–H and O–H groups in total. The molecule has 0 aromatic heterocycles. The molecule has 0 saturated carbocycles. The van der Waals surface area contributed by atoms with E-state index in [9.17, 15) is 25.2 Å². The number of aliphatic hydroxyl groups excluding tert-OH is 3. The van der Waals surface area contributed by atoms with E-state index in [2.05, 4.69) is 0 Å². The van der Waals surface area contributed by atoms with Crippen molar-refractivity contribution in [3.05, 3.63) is 64.2 Å². The van der Waals surface area contributed by atoms with Crippen LogP contribution in [0.4, 0.5) is 0 Å². The van der Waals surface area contributed by atoms with Gasteiger partial charge in [0.05, 0.1) is 18.6 Å². The minimum atomic E-state index is -1.75. The normalized spacial score (nSPS) is 30.2. The van der Waals surface area contributed by atoms with Crippen molar-refractivity contribution in [2.24, 2.45) is 11.3 Å². The Morgan fingerprint density at radius 3 is 2.46 bits per heavy atom. The summed E-state index contributed by atoms with van der Waals surface area (Å²) in [6.07, 6.45) is -3.99. The van der Waals surface area contributed by atoms with E-state index in [0.29, 0.717) is 23.6 Å². The Labute approximate surface area is 221 Å². The van der Waals surface area contributed by atoms with Crippen LogP contribution in [0, 0.1) is 11.3 Å². The summed E-state index contributed by atoms with van der Waals surface area (Å²) in [4.78, 5) is 11.8. The number of carboxylic acid groups (broad SMARTS) is 1. The quantitative estimate of drug-likeness (QED) is 0.385. The number of ether oxygens (including phenoxy) is 3. The van der Waals surface area contributed by atoms with E-state index in [-0.39, 0.29) is 13.0 Å². The minimum Gasteiger partial charge on any atom is -0.494 e. The first-order valence-corrected chi connectivity index (χ1v) is 12.9. The maximum Gasteiger partial charge on any atom is 0.309 e. The van der Waals surface area contributed by atoms with E-state index in [1.165, 1.54) is 0 Å². The highest BCUT2D eigenvalue weighted by molar-refractivity contribution is 6.31. The number of aliphatic carboxylic acids is 1. The summed E-state index contributed by atoms with van der Waals surface area (Å²) in [7, 11) is 0. The van der Waals surface area contributed by atoms with E-state index >= 15 is 0 Å².